The van der Waals surface area contributed by atoms with Crippen molar-refractivity contribution in [3.8, 4) is 0 Å². The van der Waals surface area contributed by atoms with Crippen LogP contribution in [-0.4, -0.2) is 83.4 Å². The van der Waals surface area contributed by atoms with Crippen LogP contribution >= 0.6 is 0 Å². The Kier molecular flexibility index (Phi) is 6.14. The third kappa shape index (κ3) is 4.45. The number of carboxylic acid groups (broad SMARTS) is 1. The van der Waals surface area contributed by atoms with Crippen molar-refractivity contribution in [1.82, 2.24) is 9.88 Å². The number of epoxide rings is 2. The first-order valence-electron chi connectivity index (χ1n) is 12.3. The molecule has 1 aromatic heterocycles. The Morgan fingerprint density at radius 3 is 2.63 bits per heavy atom. The zero-order chi connectivity index (χ0) is 25.0. The summed E-state index contributed by atoms with van der Waals surface area (Å²) in [4.78, 5) is 29.9. The van der Waals surface area contributed by atoms with Crippen molar-refractivity contribution in [1.29, 1.82) is 0 Å². The van der Waals surface area contributed by atoms with Gasteiger partial charge in [-0.2, -0.15) is 0 Å². The summed E-state index contributed by atoms with van der Waals surface area (Å²) >= 11 is 0. The predicted octanol–water partition coefficient (Wildman–Crippen LogP) is 3.39. The number of hydrogen-bond acceptors (Lipinski definition) is 7. The summed E-state index contributed by atoms with van der Waals surface area (Å²) in [6.07, 6.45) is 4.97. The Bertz CT molecular complexity index is 1010. The molecule has 4 fully saturated rings. The first-order valence-corrected chi connectivity index (χ1v) is 12.3. The Morgan fingerprint density at radius 2 is 2.06 bits per heavy atom. The molecule has 1 aromatic rings. The monoisotopic (exact) mass is 486 g/mol. The highest BCUT2D eigenvalue weighted by Gasteiger charge is 2.72. The molecule has 3 saturated heterocycles. The molecule has 4 heterocycles. The highest BCUT2D eigenvalue weighted by atomic mass is 16.6. The van der Waals surface area contributed by atoms with E-state index in [-0.39, 0.29) is 53.0 Å². The minimum Gasteiger partial charge on any atom is -0.478 e. The summed E-state index contributed by atoms with van der Waals surface area (Å²) in [5.41, 5.74) is 1.56. The van der Waals surface area contributed by atoms with Gasteiger partial charge in [-0.05, 0) is 52.2 Å². The van der Waals surface area contributed by atoms with Gasteiger partial charge in [-0.25, -0.2) is 9.59 Å². The fraction of sp³-hybridized carbons (Fsp3) is 0.654. The summed E-state index contributed by atoms with van der Waals surface area (Å²) in [6, 6.07) is 3.25. The Balaban J connectivity index is 1.21. The van der Waals surface area contributed by atoms with Crippen LogP contribution in [0.2, 0.25) is 0 Å². The van der Waals surface area contributed by atoms with Crippen LogP contribution in [0.4, 0.5) is 4.79 Å². The number of amides is 1. The largest absolute Gasteiger partial charge is 0.478 e. The molecule has 190 valence electrons. The smallest absolute Gasteiger partial charge is 0.410 e. The van der Waals surface area contributed by atoms with Crippen LogP contribution < -0.4 is 0 Å². The Hall–Kier alpha value is -2.49. The second-order valence-electron chi connectivity index (χ2n) is 10.7. The van der Waals surface area contributed by atoms with Gasteiger partial charge in [0.05, 0.1) is 24.2 Å². The van der Waals surface area contributed by atoms with Crippen molar-refractivity contribution in [3.63, 3.8) is 0 Å². The predicted molar refractivity (Wildman–Crippen MR) is 125 cm³/mol. The average molecular weight is 487 g/mol. The van der Waals surface area contributed by atoms with E-state index >= 15 is 0 Å². The summed E-state index contributed by atoms with van der Waals surface area (Å²) in [7, 11) is 1.67. The molecule has 0 radical (unpaired) electrons. The SMILES string of the molecule is CO[C@@H]1[C@H](OC(=O)N2CC(c3ccc(C(=O)O)cn3)C2)CC[C@]2(CO2)[C@H]1[C@@]1(C)O[C@@H]1CC=C(C)C. The van der Waals surface area contributed by atoms with Crippen LogP contribution in [-0.2, 0) is 18.9 Å². The number of rotatable bonds is 7. The van der Waals surface area contributed by atoms with Crippen molar-refractivity contribution in [3.05, 3.63) is 41.2 Å². The number of methoxy groups -OCH3 is 1. The zero-order valence-electron chi connectivity index (χ0n) is 20.7. The third-order valence-electron chi connectivity index (χ3n) is 8.08. The molecule has 0 aromatic carbocycles. The molecule has 0 unspecified atom stereocenters. The van der Waals surface area contributed by atoms with Crippen LogP contribution in [0, 0.1) is 5.92 Å². The van der Waals surface area contributed by atoms with Gasteiger partial charge in [0.25, 0.3) is 0 Å². The minimum absolute atomic E-state index is 0.0109. The van der Waals surface area contributed by atoms with Gasteiger partial charge < -0.3 is 29.0 Å². The lowest BCUT2D eigenvalue weighted by atomic mass is 9.68. The molecule has 3 aliphatic heterocycles. The second kappa shape index (κ2) is 8.87. The van der Waals surface area contributed by atoms with E-state index < -0.39 is 5.97 Å². The number of likely N-dealkylation sites (tertiary alicyclic amines) is 1. The third-order valence-corrected chi connectivity index (χ3v) is 8.08. The number of carbonyl (C=O) groups is 2. The first kappa shape index (κ1) is 24.2. The van der Waals surface area contributed by atoms with Gasteiger partial charge in [-0.3, -0.25) is 4.98 Å². The Morgan fingerprint density at radius 1 is 1.31 bits per heavy atom. The number of aromatic carboxylic acids is 1. The van der Waals surface area contributed by atoms with E-state index in [2.05, 4.69) is 31.8 Å². The molecular weight excluding hydrogens is 452 g/mol. The van der Waals surface area contributed by atoms with Gasteiger partial charge in [-0.15, -0.1) is 0 Å². The van der Waals surface area contributed by atoms with Crippen molar-refractivity contribution in [2.75, 3.05) is 26.8 Å². The maximum atomic E-state index is 12.9. The molecule has 1 aliphatic carbocycles. The molecular formula is C26H34N2O7. The standard InChI is InChI=1S/C26H34N2O7/c1-15(2)5-8-20-25(3,35-20)22-21(32-4)19(9-10-26(22)14-33-26)34-24(31)28-12-17(13-28)18-7-6-16(11-27-18)23(29)30/h5-7,11,17,19-22H,8-10,12-14H2,1-4H3,(H,29,30)/t19-,20-,21-,22-,25+,26+/m1/s1. The van der Waals surface area contributed by atoms with Gasteiger partial charge in [0.1, 0.15) is 23.4 Å². The fourth-order valence-electron chi connectivity index (χ4n) is 5.86. The molecule has 0 bridgehead atoms. The maximum Gasteiger partial charge on any atom is 0.410 e. The molecule has 4 aliphatic rings. The summed E-state index contributed by atoms with van der Waals surface area (Å²) in [6.45, 7) is 7.97. The van der Waals surface area contributed by atoms with Crippen LogP contribution in [0.25, 0.3) is 0 Å². The lowest BCUT2D eigenvalue weighted by molar-refractivity contribution is -0.123. The molecule has 1 spiro atoms. The molecule has 1 N–H and O–H groups in total. The summed E-state index contributed by atoms with van der Waals surface area (Å²) in [5.74, 6) is -0.947. The van der Waals surface area contributed by atoms with E-state index in [1.165, 1.54) is 17.8 Å². The molecule has 1 amide bonds. The first-order chi connectivity index (χ1) is 16.7. The van der Waals surface area contributed by atoms with E-state index in [1.54, 1.807) is 18.1 Å². The number of carbonyl (C=O) groups excluding carboxylic acids is 1. The maximum absolute atomic E-state index is 12.9. The second-order valence-corrected chi connectivity index (χ2v) is 10.7. The van der Waals surface area contributed by atoms with Gasteiger partial charge in [-0.1, -0.05) is 11.6 Å². The topological polar surface area (TPSA) is 114 Å². The number of carboxylic acids is 1. The molecule has 5 rings (SSSR count). The van der Waals surface area contributed by atoms with Crippen molar-refractivity contribution in [2.45, 2.75) is 75.5 Å². The normalized spacial score (nSPS) is 35.8. The molecule has 6 atom stereocenters. The number of allylic oxidation sites excluding steroid dienone is 1. The quantitative estimate of drug-likeness (QED) is 0.461. The Labute approximate surface area is 205 Å². The zero-order valence-corrected chi connectivity index (χ0v) is 20.7. The van der Waals surface area contributed by atoms with Gasteiger partial charge in [0, 0.05) is 38.0 Å². The number of ether oxygens (including phenoxy) is 4. The molecule has 9 heteroatoms. The molecule has 35 heavy (non-hydrogen) atoms. The number of hydrogen-bond donors (Lipinski definition) is 1. The highest BCUT2D eigenvalue weighted by Crippen LogP contribution is 2.59. The van der Waals surface area contributed by atoms with Crippen LogP contribution in [0.15, 0.2) is 30.0 Å². The van der Waals surface area contributed by atoms with E-state index in [0.29, 0.717) is 26.1 Å². The van der Waals surface area contributed by atoms with Gasteiger partial charge in [0.15, 0.2) is 0 Å². The van der Waals surface area contributed by atoms with Crippen molar-refractivity contribution in [2.24, 2.45) is 5.92 Å². The van der Waals surface area contributed by atoms with Crippen LogP contribution in [0.5, 0.6) is 0 Å². The highest BCUT2D eigenvalue weighted by molar-refractivity contribution is 5.87. The van der Waals surface area contributed by atoms with E-state index in [1.807, 2.05) is 0 Å². The van der Waals surface area contributed by atoms with Crippen LogP contribution in [0.1, 0.15) is 62.0 Å². The molecule has 1 saturated carbocycles. The lowest BCUT2D eigenvalue weighted by Crippen LogP contribution is -2.57. The molecule has 9 nitrogen and oxygen atoms in total. The van der Waals surface area contributed by atoms with Crippen molar-refractivity contribution < 1.29 is 33.6 Å². The van der Waals surface area contributed by atoms with Crippen molar-refractivity contribution >= 4 is 12.1 Å². The van der Waals surface area contributed by atoms with E-state index in [0.717, 1.165) is 18.5 Å². The van der Waals surface area contributed by atoms with E-state index in [4.69, 9.17) is 24.1 Å². The summed E-state index contributed by atoms with van der Waals surface area (Å²) < 4.78 is 24.1. The minimum atomic E-state index is -1.01. The fourth-order valence-corrected chi connectivity index (χ4v) is 5.86. The lowest BCUT2D eigenvalue weighted by Gasteiger charge is -2.44. The van der Waals surface area contributed by atoms with Gasteiger partial charge in [0.2, 0.25) is 0 Å². The van der Waals surface area contributed by atoms with Crippen LogP contribution in [0.3, 0.4) is 0 Å². The number of pyridine rings is 1. The van der Waals surface area contributed by atoms with Gasteiger partial charge >= 0.3 is 12.1 Å². The number of nitrogens with zero attached hydrogens (tertiary/aromatic N) is 2. The average Bonchev–Trinajstić information content (AvgIpc) is 3.70. The summed E-state index contributed by atoms with van der Waals surface area (Å²) in [5, 5.41) is 9.03. The number of aromatic nitrogens is 1. The van der Waals surface area contributed by atoms with E-state index in [9.17, 15) is 9.59 Å².